The number of furan rings is 1. The number of hydrogen-bond acceptors (Lipinski definition) is 4. The Bertz CT molecular complexity index is 698. The minimum Gasteiger partial charge on any atom is -0.452 e. The van der Waals surface area contributed by atoms with Gasteiger partial charge in [-0.25, -0.2) is 13.1 Å². The zero-order valence-electron chi connectivity index (χ0n) is 11.8. The highest BCUT2D eigenvalue weighted by Gasteiger charge is 2.24. The Labute approximate surface area is 132 Å². The van der Waals surface area contributed by atoms with Crippen LogP contribution in [0.3, 0.4) is 0 Å². The topological polar surface area (TPSA) is 71.3 Å². The molecule has 21 heavy (non-hydrogen) atoms. The van der Waals surface area contributed by atoms with Crippen LogP contribution in [0.25, 0.3) is 0 Å². The molecule has 2 aromatic rings. The van der Waals surface area contributed by atoms with Gasteiger partial charge in [0.15, 0.2) is 4.67 Å². The smallest absolute Gasteiger partial charge is 0.245 e. The van der Waals surface area contributed by atoms with Crippen molar-refractivity contribution in [2.24, 2.45) is 0 Å². The maximum absolute atomic E-state index is 12.4. The van der Waals surface area contributed by atoms with Gasteiger partial charge in [-0.05, 0) is 35.5 Å². The van der Waals surface area contributed by atoms with Crippen LogP contribution in [0, 0.1) is 0 Å². The molecular weight excluding hydrogens is 356 g/mol. The van der Waals surface area contributed by atoms with Gasteiger partial charge in [0.25, 0.3) is 0 Å². The van der Waals surface area contributed by atoms with Crippen LogP contribution in [-0.4, -0.2) is 15.5 Å². The van der Waals surface area contributed by atoms with Crippen molar-refractivity contribution in [1.29, 1.82) is 0 Å². The van der Waals surface area contributed by atoms with Gasteiger partial charge in [0, 0.05) is 12.1 Å². The molecule has 0 aliphatic rings. The molecule has 2 N–H and O–H groups in total. The summed E-state index contributed by atoms with van der Waals surface area (Å²) in [6.45, 7) is 2.26. The lowest BCUT2D eigenvalue weighted by Gasteiger charge is -2.13. The molecule has 0 spiro atoms. The van der Waals surface area contributed by atoms with E-state index in [1.165, 1.54) is 6.07 Å². The monoisotopic (exact) mass is 372 g/mol. The van der Waals surface area contributed by atoms with E-state index in [1.54, 1.807) is 14.0 Å². The van der Waals surface area contributed by atoms with Crippen LogP contribution in [0.15, 0.2) is 50.4 Å². The van der Waals surface area contributed by atoms with Crippen LogP contribution in [-0.2, 0) is 16.6 Å². The van der Waals surface area contributed by atoms with Crippen LogP contribution in [0.5, 0.6) is 0 Å². The van der Waals surface area contributed by atoms with Gasteiger partial charge in [-0.3, -0.25) is 0 Å². The largest absolute Gasteiger partial charge is 0.452 e. The fourth-order valence-electron chi connectivity index (χ4n) is 1.95. The van der Waals surface area contributed by atoms with Crippen LogP contribution >= 0.6 is 15.9 Å². The second kappa shape index (κ2) is 6.74. The molecule has 1 aromatic heterocycles. The van der Waals surface area contributed by atoms with Crippen molar-refractivity contribution in [3.63, 3.8) is 0 Å². The molecule has 2 rings (SSSR count). The number of rotatable bonds is 6. The van der Waals surface area contributed by atoms with Gasteiger partial charge in [-0.15, -0.1) is 0 Å². The molecule has 1 atom stereocenters. The summed E-state index contributed by atoms with van der Waals surface area (Å²) in [5.41, 5.74) is 0.899. The lowest BCUT2D eigenvalue weighted by molar-refractivity contribution is 0.469. The molecule has 0 radical (unpaired) electrons. The minimum atomic E-state index is -3.65. The summed E-state index contributed by atoms with van der Waals surface area (Å²) in [5.74, 6) is 0.553. The van der Waals surface area contributed by atoms with Crippen molar-refractivity contribution in [2.45, 2.75) is 24.4 Å². The lowest BCUT2D eigenvalue weighted by atomic mass is 10.1. The molecule has 5 nitrogen and oxygen atoms in total. The standard InChI is InChI=1S/C14H17BrN2O3S/c1-10(11-6-4-3-5-7-11)17-21(18,19)13-8-12(9-16-2)20-14(13)15/h3-8,10,16-17H,9H2,1-2H3. The predicted octanol–water partition coefficient (Wildman–Crippen LogP) is 2.80. The third-order valence-electron chi connectivity index (χ3n) is 2.98. The average Bonchev–Trinajstić information content (AvgIpc) is 2.81. The number of benzene rings is 1. The maximum Gasteiger partial charge on any atom is 0.245 e. The minimum absolute atomic E-state index is 0.107. The van der Waals surface area contributed by atoms with E-state index in [-0.39, 0.29) is 15.6 Å². The van der Waals surface area contributed by atoms with Crippen LogP contribution < -0.4 is 10.0 Å². The molecule has 0 saturated heterocycles. The number of hydrogen-bond donors (Lipinski definition) is 2. The molecule has 7 heteroatoms. The van der Waals surface area contributed by atoms with E-state index >= 15 is 0 Å². The van der Waals surface area contributed by atoms with Crippen molar-refractivity contribution < 1.29 is 12.8 Å². The Morgan fingerprint density at radius 1 is 1.29 bits per heavy atom. The molecule has 1 unspecified atom stereocenters. The Kier molecular flexibility index (Phi) is 5.21. The predicted molar refractivity (Wildman–Crippen MR) is 84.4 cm³/mol. The zero-order chi connectivity index (χ0) is 15.5. The highest BCUT2D eigenvalue weighted by atomic mass is 79.9. The van der Waals surface area contributed by atoms with Gasteiger partial charge in [0.2, 0.25) is 10.0 Å². The molecular formula is C14H17BrN2O3S. The van der Waals surface area contributed by atoms with E-state index < -0.39 is 10.0 Å². The summed E-state index contributed by atoms with van der Waals surface area (Å²) < 4.78 is 33.1. The van der Waals surface area contributed by atoms with Crippen molar-refractivity contribution >= 4 is 26.0 Å². The van der Waals surface area contributed by atoms with Crippen molar-refractivity contribution in [3.05, 3.63) is 52.4 Å². The Balaban J connectivity index is 2.22. The molecule has 1 aromatic carbocycles. The fraction of sp³-hybridized carbons (Fsp3) is 0.286. The van der Waals surface area contributed by atoms with Crippen LogP contribution in [0.1, 0.15) is 24.3 Å². The molecule has 114 valence electrons. The first-order chi connectivity index (χ1) is 9.94. The molecule has 0 saturated carbocycles. The third-order valence-corrected chi connectivity index (χ3v) is 5.38. The molecule has 0 bridgehead atoms. The van der Waals surface area contributed by atoms with Gasteiger partial charge < -0.3 is 9.73 Å². The summed E-state index contributed by atoms with van der Waals surface area (Å²) in [4.78, 5) is 0.107. The van der Waals surface area contributed by atoms with Gasteiger partial charge in [-0.1, -0.05) is 30.3 Å². The summed E-state index contributed by atoms with van der Waals surface area (Å²) >= 11 is 3.16. The zero-order valence-corrected chi connectivity index (χ0v) is 14.2. The van der Waals surface area contributed by atoms with Gasteiger partial charge >= 0.3 is 0 Å². The van der Waals surface area contributed by atoms with Crippen LogP contribution in [0.4, 0.5) is 0 Å². The van der Waals surface area contributed by atoms with Gasteiger partial charge in [0.1, 0.15) is 10.7 Å². The van der Waals surface area contributed by atoms with E-state index in [2.05, 4.69) is 26.0 Å². The molecule has 1 heterocycles. The van der Waals surface area contributed by atoms with E-state index in [9.17, 15) is 8.42 Å². The molecule has 0 amide bonds. The van der Waals surface area contributed by atoms with Crippen molar-refractivity contribution in [2.75, 3.05) is 7.05 Å². The first kappa shape index (κ1) is 16.2. The van der Waals surface area contributed by atoms with E-state index in [0.717, 1.165) is 5.56 Å². The summed E-state index contributed by atoms with van der Waals surface area (Å²) in [6.07, 6.45) is 0. The Morgan fingerprint density at radius 2 is 1.95 bits per heavy atom. The van der Waals surface area contributed by atoms with Gasteiger partial charge in [0.05, 0.1) is 6.54 Å². The van der Waals surface area contributed by atoms with E-state index in [4.69, 9.17) is 4.42 Å². The normalized spacial score (nSPS) is 13.3. The highest BCUT2D eigenvalue weighted by molar-refractivity contribution is 9.10. The fourth-order valence-corrected chi connectivity index (χ4v) is 4.18. The highest BCUT2D eigenvalue weighted by Crippen LogP contribution is 2.27. The second-order valence-corrected chi connectivity index (χ2v) is 7.04. The van der Waals surface area contributed by atoms with Crippen LogP contribution in [0.2, 0.25) is 0 Å². The maximum atomic E-state index is 12.4. The first-order valence-corrected chi connectivity index (χ1v) is 8.71. The molecule has 0 aliphatic heterocycles. The van der Waals surface area contributed by atoms with E-state index in [0.29, 0.717) is 12.3 Å². The average molecular weight is 373 g/mol. The summed E-state index contributed by atoms with van der Waals surface area (Å²) in [6, 6.07) is 10.6. The number of nitrogens with one attached hydrogen (secondary N) is 2. The second-order valence-electron chi connectivity index (χ2n) is 4.63. The number of halogens is 1. The van der Waals surface area contributed by atoms with Crippen molar-refractivity contribution in [1.82, 2.24) is 10.0 Å². The first-order valence-electron chi connectivity index (χ1n) is 6.44. The summed E-state index contributed by atoms with van der Waals surface area (Å²) in [7, 11) is -1.89. The SMILES string of the molecule is CNCc1cc(S(=O)(=O)NC(C)c2ccccc2)c(Br)o1. The lowest BCUT2D eigenvalue weighted by Crippen LogP contribution is -2.26. The van der Waals surface area contributed by atoms with Gasteiger partial charge in [-0.2, -0.15) is 0 Å². The van der Waals surface area contributed by atoms with E-state index in [1.807, 2.05) is 30.3 Å². The Morgan fingerprint density at radius 3 is 2.57 bits per heavy atom. The molecule has 0 aliphatic carbocycles. The number of sulfonamides is 1. The Hall–Kier alpha value is -1.15. The quantitative estimate of drug-likeness (QED) is 0.817. The summed E-state index contributed by atoms with van der Waals surface area (Å²) in [5, 5.41) is 2.91. The third kappa shape index (κ3) is 3.94. The van der Waals surface area contributed by atoms with Crippen molar-refractivity contribution in [3.8, 4) is 0 Å². The molecule has 0 fully saturated rings.